The maximum Gasteiger partial charge on any atom is 0.124 e. The van der Waals surface area contributed by atoms with Crippen molar-refractivity contribution in [3.05, 3.63) is 23.8 Å². The second kappa shape index (κ2) is 4.72. The van der Waals surface area contributed by atoms with E-state index >= 15 is 0 Å². The molecule has 0 atom stereocenters. The fraction of sp³-hybridized carbons (Fsp3) is 0.400. The molecule has 0 amide bonds. The van der Waals surface area contributed by atoms with Crippen LogP contribution in [0.1, 0.15) is 18.9 Å². The fourth-order valence-electron chi connectivity index (χ4n) is 0.987. The molecule has 0 aliphatic rings. The summed E-state index contributed by atoms with van der Waals surface area (Å²) in [6, 6.07) is 4.91. The Labute approximate surface area is 77.6 Å². The molecule has 72 valence electrons. The van der Waals surface area contributed by atoms with Gasteiger partial charge in [-0.25, -0.2) is 0 Å². The van der Waals surface area contributed by atoms with Crippen LogP contribution in [-0.4, -0.2) is 16.8 Å². The van der Waals surface area contributed by atoms with Crippen LogP contribution in [0.2, 0.25) is 0 Å². The van der Waals surface area contributed by atoms with E-state index < -0.39 is 0 Å². The van der Waals surface area contributed by atoms with Crippen molar-refractivity contribution in [2.45, 2.75) is 20.0 Å². The second-order valence-corrected chi connectivity index (χ2v) is 2.80. The van der Waals surface area contributed by atoms with Crippen LogP contribution in [0.25, 0.3) is 0 Å². The van der Waals surface area contributed by atoms with Gasteiger partial charge in [-0.3, -0.25) is 0 Å². The number of aliphatic hydroxyl groups excluding tert-OH is 1. The van der Waals surface area contributed by atoms with E-state index in [2.05, 4.69) is 0 Å². The molecule has 2 N–H and O–H groups in total. The third-order valence-electron chi connectivity index (χ3n) is 1.70. The van der Waals surface area contributed by atoms with E-state index in [4.69, 9.17) is 9.84 Å². The van der Waals surface area contributed by atoms with E-state index in [-0.39, 0.29) is 12.4 Å². The molecule has 0 fully saturated rings. The molecule has 0 aromatic heterocycles. The molecule has 3 nitrogen and oxygen atoms in total. The van der Waals surface area contributed by atoms with Crippen molar-refractivity contribution in [1.82, 2.24) is 0 Å². The molecule has 0 unspecified atom stereocenters. The fourth-order valence-corrected chi connectivity index (χ4v) is 0.987. The zero-order chi connectivity index (χ0) is 9.68. The van der Waals surface area contributed by atoms with E-state index in [1.165, 1.54) is 6.07 Å². The molecule has 0 saturated heterocycles. The van der Waals surface area contributed by atoms with E-state index in [1.807, 2.05) is 6.92 Å². The molecule has 1 aromatic carbocycles. The number of benzene rings is 1. The molecule has 0 spiro atoms. The minimum Gasteiger partial charge on any atom is -0.507 e. The minimum absolute atomic E-state index is 0.0797. The van der Waals surface area contributed by atoms with Gasteiger partial charge in [-0.1, -0.05) is 6.92 Å². The Kier molecular flexibility index (Phi) is 3.58. The van der Waals surface area contributed by atoms with Crippen LogP contribution in [0.3, 0.4) is 0 Å². The van der Waals surface area contributed by atoms with Crippen LogP contribution in [0.5, 0.6) is 11.5 Å². The number of hydrogen-bond donors (Lipinski definition) is 2. The first-order chi connectivity index (χ1) is 6.27. The average molecular weight is 182 g/mol. The summed E-state index contributed by atoms with van der Waals surface area (Å²) in [7, 11) is 0. The Bertz CT molecular complexity index is 271. The summed E-state index contributed by atoms with van der Waals surface area (Å²) in [4.78, 5) is 0. The Balaban J connectivity index is 2.71. The van der Waals surface area contributed by atoms with Crippen molar-refractivity contribution in [2.24, 2.45) is 0 Å². The summed E-state index contributed by atoms with van der Waals surface area (Å²) in [6.45, 7) is 2.50. The molecule has 3 heteroatoms. The van der Waals surface area contributed by atoms with Gasteiger partial charge in [0.15, 0.2) is 0 Å². The lowest BCUT2D eigenvalue weighted by molar-refractivity contribution is 0.274. The molecule has 0 radical (unpaired) electrons. The molecular formula is C10H14O3. The van der Waals surface area contributed by atoms with Crippen molar-refractivity contribution < 1.29 is 14.9 Å². The van der Waals surface area contributed by atoms with E-state index in [1.54, 1.807) is 12.1 Å². The Hall–Kier alpha value is -1.22. The average Bonchev–Trinajstić information content (AvgIpc) is 2.15. The summed E-state index contributed by atoms with van der Waals surface area (Å²) in [5, 5.41) is 18.1. The molecule has 0 aliphatic heterocycles. The summed E-state index contributed by atoms with van der Waals surface area (Å²) >= 11 is 0. The summed E-state index contributed by atoms with van der Waals surface area (Å²) in [5.74, 6) is 0.715. The Morgan fingerprint density at radius 1 is 1.38 bits per heavy atom. The highest BCUT2D eigenvalue weighted by atomic mass is 16.5. The van der Waals surface area contributed by atoms with Gasteiger partial charge in [-0.05, 0) is 18.6 Å². The first-order valence-electron chi connectivity index (χ1n) is 4.33. The van der Waals surface area contributed by atoms with Gasteiger partial charge < -0.3 is 14.9 Å². The van der Waals surface area contributed by atoms with Gasteiger partial charge in [0.1, 0.15) is 11.5 Å². The van der Waals surface area contributed by atoms with Gasteiger partial charge in [-0.15, -0.1) is 0 Å². The standard InChI is InChI=1S/C10H14O3/c1-2-5-13-9-4-3-8(7-11)10(12)6-9/h3-4,6,11-12H,2,5,7H2,1H3. The van der Waals surface area contributed by atoms with Crippen molar-refractivity contribution in [1.29, 1.82) is 0 Å². The number of aliphatic hydroxyl groups is 1. The Morgan fingerprint density at radius 2 is 2.15 bits per heavy atom. The molecule has 13 heavy (non-hydrogen) atoms. The summed E-state index contributed by atoms with van der Waals surface area (Å²) in [5.41, 5.74) is 0.517. The topological polar surface area (TPSA) is 49.7 Å². The highest BCUT2D eigenvalue weighted by Gasteiger charge is 2.01. The minimum atomic E-state index is -0.153. The molecule has 0 heterocycles. The van der Waals surface area contributed by atoms with Crippen LogP contribution in [-0.2, 0) is 6.61 Å². The first kappa shape index (κ1) is 9.86. The van der Waals surface area contributed by atoms with Crippen molar-refractivity contribution >= 4 is 0 Å². The summed E-state index contributed by atoms with van der Waals surface area (Å²) < 4.78 is 5.29. The number of ether oxygens (including phenoxy) is 1. The van der Waals surface area contributed by atoms with Crippen LogP contribution in [0, 0.1) is 0 Å². The number of rotatable bonds is 4. The molecule has 0 saturated carbocycles. The number of aromatic hydroxyl groups is 1. The van der Waals surface area contributed by atoms with Gasteiger partial charge in [-0.2, -0.15) is 0 Å². The zero-order valence-corrected chi connectivity index (χ0v) is 7.66. The third kappa shape index (κ3) is 2.63. The van der Waals surface area contributed by atoms with Crippen LogP contribution in [0.4, 0.5) is 0 Å². The molecule has 0 aliphatic carbocycles. The predicted octanol–water partition coefficient (Wildman–Crippen LogP) is 1.67. The van der Waals surface area contributed by atoms with Crippen molar-refractivity contribution in [3.63, 3.8) is 0 Å². The lowest BCUT2D eigenvalue weighted by Gasteiger charge is -2.06. The van der Waals surface area contributed by atoms with E-state index in [0.29, 0.717) is 17.9 Å². The third-order valence-corrected chi connectivity index (χ3v) is 1.70. The second-order valence-electron chi connectivity index (χ2n) is 2.80. The highest BCUT2D eigenvalue weighted by molar-refractivity contribution is 5.39. The van der Waals surface area contributed by atoms with Crippen LogP contribution < -0.4 is 4.74 Å². The normalized spacial score (nSPS) is 10.0. The quantitative estimate of drug-likeness (QED) is 0.744. The van der Waals surface area contributed by atoms with Gasteiger partial charge in [0.2, 0.25) is 0 Å². The smallest absolute Gasteiger partial charge is 0.124 e. The monoisotopic (exact) mass is 182 g/mol. The molecule has 1 rings (SSSR count). The van der Waals surface area contributed by atoms with Crippen molar-refractivity contribution in [3.8, 4) is 11.5 Å². The molecular weight excluding hydrogens is 168 g/mol. The van der Waals surface area contributed by atoms with Gasteiger partial charge in [0, 0.05) is 11.6 Å². The SMILES string of the molecule is CCCOc1ccc(CO)c(O)c1. The molecule has 1 aromatic rings. The molecule has 0 bridgehead atoms. The van der Waals surface area contributed by atoms with Crippen molar-refractivity contribution in [2.75, 3.05) is 6.61 Å². The first-order valence-corrected chi connectivity index (χ1v) is 4.33. The largest absolute Gasteiger partial charge is 0.507 e. The highest BCUT2D eigenvalue weighted by Crippen LogP contribution is 2.23. The van der Waals surface area contributed by atoms with Crippen LogP contribution in [0.15, 0.2) is 18.2 Å². The van der Waals surface area contributed by atoms with E-state index in [0.717, 1.165) is 6.42 Å². The van der Waals surface area contributed by atoms with E-state index in [9.17, 15) is 5.11 Å². The predicted molar refractivity (Wildman–Crippen MR) is 49.8 cm³/mol. The number of hydrogen-bond acceptors (Lipinski definition) is 3. The van der Waals surface area contributed by atoms with Crippen LogP contribution >= 0.6 is 0 Å². The van der Waals surface area contributed by atoms with Gasteiger partial charge in [0.05, 0.1) is 13.2 Å². The van der Waals surface area contributed by atoms with Gasteiger partial charge >= 0.3 is 0 Å². The maximum absolute atomic E-state index is 9.35. The number of phenols is 1. The summed E-state index contributed by atoms with van der Waals surface area (Å²) in [6.07, 6.45) is 0.933. The van der Waals surface area contributed by atoms with Gasteiger partial charge in [0.25, 0.3) is 0 Å². The zero-order valence-electron chi connectivity index (χ0n) is 7.66. The lowest BCUT2D eigenvalue weighted by Crippen LogP contribution is -1.95. The Morgan fingerprint density at radius 3 is 2.69 bits per heavy atom. The maximum atomic E-state index is 9.35. The lowest BCUT2D eigenvalue weighted by atomic mass is 10.2.